The Kier molecular flexibility index (Phi) is 4.51. The van der Waals surface area contributed by atoms with Crippen LogP contribution in [0.5, 0.6) is 0 Å². The van der Waals surface area contributed by atoms with Gasteiger partial charge in [-0.05, 0) is 45.4 Å². The zero-order valence-corrected chi connectivity index (χ0v) is 12.1. The van der Waals surface area contributed by atoms with E-state index in [1.165, 1.54) is 0 Å². The molecule has 0 fully saturated rings. The fourth-order valence-corrected chi connectivity index (χ4v) is 1.99. The van der Waals surface area contributed by atoms with Gasteiger partial charge in [0.25, 0.3) is 0 Å². The Morgan fingerprint density at radius 1 is 1.39 bits per heavy atom. The summed E-state index contributed by atoms with van der Waals surface area (Å²) in [7, 11) is -1.19. The second-order valence-electron chi connectivity index (χ2n) is 5.22. The molecule has 18 heavy (non-hydrogen) atoms. The van der Waals surface area contributed by atoms with Crippen LogP contribution in [0.25, 0.3) is 0 Å². The van der Waals surface area contributed by atoms with E-state index >= 15 is 0 Å². The highest BCUT2D eigenvalue weighted by Crippen LogP contribution is 2.17. The minimum atomic E-state index is -1.19. The number of rotatable bonds is 3. The first-order valence-corrected chi connectivity index (χ1v) is 7.06. The molecule has 1 rings (SSSR count). The molecule has 5 heteroatoms. The number of nitrogens with one attached hydrogen (secondary N) is 1. The first-order chi connectivity index (χ1) is 8.20. The SMILES string of the molecule is Cc1ccc(NC(=O)CS(=O)C(C)(C)C)cc1N. The van der Waals surface area contributed by atoms with Gasteiger partial charge in [-0.2, -0.15) is 0 Å². The molecule has 1 aromatic carbocycles. The first-order valence-electron chi connectivity index (χ1n) is 5.74. The van der Waals surface area contributed by atoms with Crippen molar-refractivity contribution in [3.63, 3.8) is 0 Å². The van der Waals surface area contributed by atoms with E-state index in [0.29, 0.717) is 11.4 Å². The van der Waals surface area contributed by atoms with Crippen molar-refractivity contribution in [2.45, 2.75) is 32.4 Å². The van der Waals surface area contributed by atoms with Crippen molar-refractivity contribution in [2.75, 3.05) is 16.8 Å². The Balaban J connectivity index is 2.65. The molecule has 0 heterocycles. The van der Waals surface area contributed by atoms with E-state index in [1.807, 2.05) is 33.8 Å². The van der Waals surface area contributed by atoms with E-state index in [0.717, 1.165) is 5.56 Å². The summed E-state index contributed by atoms with van der Waals surface area (Å²) in [5, 5.41) is 2.70. The molecule has 4 nitrogen and oxygen atoms in total. The molecule has 0 aliphatic carbocycles. The fourth-order valence-electron chi connectivity index (χ4n) is 1.25. The molecular weight excluding hydrogens is 248 g/mol. The van der Waals surface area contributed by atoms with Crippen LogP contribution in [0.3, 0.4) is 0 Å². The number of carbonyl (C=O) groups excluding carboxylic acids is 1. The maximum atomic E-state index is 11.8. The monoisotopic (exact) mass is 268 g/mol. The third-order valence-corrected chi connectivity index (χ3v) is 4.40. The highest BCUT2D eigenvalue weighted by Gasteiger charge is 2.21. The van der Waals surface area contributed by atoms with Crippen molar-refractivity contribution in [1.82, 2.24) is 0 Å². The van der Waals surface area contributed by atoms with Gasteiger partial charge in [0.05, 0.1) is 0 Å². The van der Waals surface area contributed by atoms with Gasteiger partial charge < -0.3 is 11.1 Å². The molecule has 0 radical (unpaired) electrons. The molecule has 0 aliphatic rings. The molecule has 0 saturated heterocycles. The summed E-state index contributed by atoms with van der Waals surface area (Å²) in [6, 6.07) is 5.32. The number of carbonyl (C=O) groups is 1. The molecule has 1 aromatic rings. The van der Waals surface area contributed by atoms with E-state index < -0.39 is 10.8 Å². The van der Waals surface area contributed by atoms with Gasteiger partial charge in [-0.3, -0.25) is 9.00 Å². The summed E-state index contributed by atoms with van der Waals surface area (Å²) in [6.45, 7) is 7.44. The summed E-state index contributed by atoms with van der Waals surface area (Å²) in [6.07, 6.45) is 0. The van der Waals surface area contributed by atoms with E-state index in [2.05, 4.69) is 5.32 Å². The van der Waals surface area contributed by atoms with Crippen molar-refractivity contribution < 1.29 is 9.00 Å². The lowest BCUT2D eigenvalue weighted by Gasteiger charge is -2.17. The standard InChI is InChI=1S/C13H20N2O2S/c1-9-5-6-10(7-11(9)14)15-12(16)8-18(17)13(2,3)4/h5-7H,8,14H2,1-4H3,(H,15,16). The molecule has 1 atom stereocenters. The van der Waals surface area contributed by atoms with E-state index in [9.17, 15) is 9.00 Å². The predicted octanol–water partition coefficient (Wildman–Crippen LogP) is 2.06. The van der Waals surface area contributed by atoms with Crippen LogP contribution in [-0.2, 0) is 15.6 Å². The molecule has 0 bridgehead atoms. The maximum Gasteiger partial charge on any atom is 0.237 e. The van der Waals surface area contributed by atoms with E-state index in [-0.39, 0.29) is 16.4 Å². The molecule has 0 aromatic heterocycles. The Bertz CT molecular complexity index is 478. The minimum Gasteiger partial charge on any atom is -0.398 e. The second kappa shape index (κ2) is 5.52. The van der Waals surface area contributed by atoms with Crippen molar-refractivity contribution in [3.8, 4) is 0 Å². The van der Waals surface area contributed by atoms with Crippen LogP contribution in [0.1, 0.15) is 26.3 Å². The largest absolute Gasteiger partial charge is 0.398 e. The number of nitrogen functional groups attached to an aromatic ring is 1. The average molecular weight is 268 g/mol. The van der Waals surface area contributed by atoms with Gasteiger partial charge in [0.1, 0.15) is 5.75 Å². The summed E-state index contributed by atoms with van der Waals surface area (Å²) < 4.78 is 11.4. The molecule has 0 aliphatic heterocycles. The summed E-state index contributed by atoms with van der Waals surface area (Å²) in [5.74, 6) is -0.261. The van der Waals surface area contributed by atoms with Crippen molar-refractivity contribution in [3.05, 3.63) is 23.8 Å². The van der Waals surface area contributed by atoms with Crippen molar-refractivity contribution in [2.24, 2.45) is 0 Å². The van der Waals surface area contributed by atoms with Crippen molar-refractivity contribution >= 4 is 28.1 Å². The van der Waals surface area contributed by atoms with Gasteiger partial charge in [-0.25, -0.2) is 0 Å². The lowest BCUT2D eigenvalue weighted by atomic mass is 10.2. The van der Waals surface area contributed by atoms with Crippen LogP contribution in [0, 0.1) is 6.92 Å². The number of hydrogen-bond acceptors (Lipinski definition) is 3. The van der Waals surface area contributed by atoms with Crippen LogP contribution in [0.15, 0.2) is 18.2 Å². The van der Waals surface area contributed by atoms with Crippen LogP contribution < -0.4 is 11.1 Å². The quantitative estimate of drug-likeness (QED) is 0.824. The van der Waals surface area contributed by atoms with Gasteiger partial charge in [-0.15, -0.1) is 0 Å². The fraction of sp³-hybridized carbons (Fsp3) is 0.462. The minimum absolute atomic E-state index is 0.00270. The summed E-state index contributed by atoms with van der Waals surface area (Å²) >= 11 is 0. The normalized spacial score (nSPS) is 13.1. The molecular formula is C13H20N2O2S. The van der Waals surface area contributed by atoms with Gasteiger partial charge in [0, 0.05) is 26.9 Å². The van der Waals surface area contributed by atoms with Crippen molar-refractivity contribution in [1.29, 1.82) is 0 Å². The van der Waals surface area contributed by atoms with Gasteiger partial charge in [0.2, 0.25) is 5.91 Å². The second-order valence-corrected chi connectivity index (χ2v) is 7.43. The lowest BCUT2D eigenvalue weighted by Crippen LogP contribution is -2.30. The van der Waals surface area contributed by atoms with E-state index in [4.69, 9.17) is 5.73 Å². The van der Waals surface area contributed by atoms with Crippen LogP contribution >= 0.6 is 0 Å². The average Bonchev–Trinajstić information content (AvgIpc) is 2.22. The van der Waals surface area contributed by atoms with Crippen LogP contribution in [0.2, 0.25) is 0 Å². The molecule has 3 N–H and O–H groups in total. The Labute approximate surface area is 110 Å². The summed E-state index contributed by atoms with van der Waals surface area (Å²) in [5.41, 5.74) is 7.98. The number of nitrogens with two attached hydrogens (primary N) is 1. The first kappa shape index (κ1) is 14.7. The van der Waals surface area contributed by atoms with Gasteiger partial charge >= 0.3 is 0 Å². The molecule has 1 amide bonds. The molecule has 0 saturated carbocycles. The zero-order valence-electron chi connectivity index (χ0n) is 11.2. The van der Waals surface area contributed by atoms with Crippen LogP contribution in [0.4, 0.5) is 11.4 Å². The number of benzene rings is 1. The topological polar surface area (TPSA) is 72.2 Å². The number of anilines is 2. The third-order valence-electron chi connectivity index (χ3n) is 2.51. The molecule has 0 spiro atoms. The summed E-state index contributed by atoms with van der Waals surface area (Å²) in [4.78, 5) is 11.7. The number of amides is 1. The lowest BCUT2D eigenvalue weighted by molar-refractivity contribution is -0.113. The highest BCUT2D eigenvalue weighted by atomic mass is 32.2. The number of aryl methyl sites for hydroxylation is 1. The Morgan fingerprint density at radius 3 is 2.50 bits per heavy atom. The van der Waals surface area contributed by atoms with Gasteiger partial charge in [0.15, 0.2) is 0 Å². The predicted molar refractivity (Wildman–Crippen MR) is 77.0 cm³/mol. The molecule has 100 valence electrons. The third kappa shape index (κ3) is 4.14. The maximum absolute atomic E-state index is 11.8. The number of hydrogen-bond donors (Lipinski definition) is 2. The van der Waals surface area contributed by atoms with Crippen LogP contribution in [-0.4, -0.2) is 20.6 Å². The zero-order chi connectivity index (χ0) is 13.9. The Morgan fingerprint density at radius 2 is 2.00 bits per heavy atom. The van der Waals surface area contributed by atoms with E-state index in [1.54, 1.807) is 12.1 Å². The highest BCUT2D eigenvalue weighted by molar-refractivity contribution is 7.87. The molecule has 1 unspecified atom stereocenters. The van der Waals surface area contributed by atoms with Gasteiger partial charge in [-0.1, -0.05) is 6.07 Å². The Hall–Kier alpha value is -1.36. The smallest absolute Gasteiger partial charge is 0.237 e.